The molecule has 0 saturated heterocycles. The first-order valence-electron chi connectivity index (χ1n) is 6.48. The van der Waals surface area contributed by atoms with Crippen molar-refractivity contribution in [3.63, 3.8) is 0 Å². The highest BCUT2D eigenvalue weighted by Gasteiger charge is 2.28. The molecule has 0 radical (unpaired) electrons. The van der Waals surface area contributed by atoms with Gasteiger partial charge in [-0.1, -0.05) is 12.1 Å². The molecular weight excluding hydrogens is 280 g/mol. The van der Waals surface area contributed by atoms with Gasteiger partial charge in [0.1, 0.15) is 0 Å². The monoisotopic (exact) mass is 295 g/mol. The summed E-state index contributed by atoms with van der Waals surface area (Å²) in [5.74, 6) is -1.48. The third-order valence-corrected chi connectivity index (χ3v) is 3.16. The van der Waals surface area contributed by atoms with Crippen LogP contribution in [0.2, 0.25) is 0 Å². The van der Waals surface area contributed by atoms with Gasteiger partial charge in [0.05, 0.1) is 6.61 Å². The number of carbonyl (C=O) groups is 1. The predicted octanol–water partition coefficient (Wildman–Crippen LogP) is 4.07. The molecule has 0 saturated carbocycles. The SMILES string of the molecule is CCOC(=O)c1oc(-c2cccc(C)c2C)nc1C(F)F. The van der Waals surface area contributed by atoms with E-state index in [0.29, 0.717) is 5.56 Å². The van der Waals surface area contributed by atoms with Gasteiger partial charge in [-0.15, -0.1) is 0 Å². The summed E-state index contributed by atoms with van der Waals surface area (Å²) in [5.41, 5.74) is 1.72. The second-order valence-corrected chi connectivity index (χ2v) is 4.50. The van der Waals surface area contributed by atoms with Gasteiger partial charge in [-0.2, -0.15) is 0 Å². The van der Waals surface area contributed by atoms with Crippen LogP contribution < -0.4 is 0 Å². The summed E-state index contributed by atoms with van der Waals surface area (Å²) in [6, 6.07) is 5.37. The first-order chi connectivity index (χ1) is 9.95. The van der Waals surface area contributed by atoms with E-state index in [-0.39, 0.29) is 12.5 Å². The van der Waals surface area contributed by atoms with E-state index in [1.54, 1.807) is 19.1 Å². The molecule has 0 unspecified atom stereocenters. The van der Waals surface area contributed by atoms with Gasteiger partial charge in [0.2, 0.25) is 11.7 Å². The molecule has 1 heterocycles. The summed E-state index contributed by atoms with van der Waals surface area (Å²) in [6.07, 6.45) is -2.91. The summed E-state index contributed by atoms with van der Waals surface area (Å²) in [4.78, 5) is 15.4. The third kappa shape index (κ3) is 2.94. The van der Waals surface area contributed by atoms with Crippen molar-refractivity contribution in [3.8, 4) is 11.5 Å². The van der Waals surface area contributed by atoms with Crippen molar-refractivity contribution in [3.05, 3.63) is 40.8 Å². The molecule has 4 nitrogen and oxygen atoms in total. The zero-order chi connectivity index (χ0) is 15.6. The van der Waals surface area contributed by atoms with Crippen LogP contribution in [0.3, 0.4) is 0 Å². The number of esters is 1. The van der Waals surface area contributed by atoms with Crippen molar-refractivity contribution in [1.82, 2.24) is 4.98 Å². The van der Waals surface area contributed by atoms with Crippen molar-refractivity contribution < 1.29 is 22.7 Å². The van der Waals surface area contributed by atoms with Crippen LogP contribution in [0.5, 0.6) is 0 Å². The maximum Gasteiger partial charge on any atom is 0.376 e. The van der Waals surface area contributed by atoms with Gasteiger partial charge >= 0.3 is 5.97 Å². The van der Waals surface area contributed by atoms with Crippen LogP contribution in [0.25, 0.3) is 11.5 Å². The van der Waals surface area contributed by atoms with Crippen LogP contribution in [0.15, 0.2) is 22.6 Å². The summed E-state index contributed by atoms with van der Waals surface area (Å²) in [7, 11) is 0. The van der Waals surface area contributed by atoms with Crippen LogP contribution >= 0.6 is 0 Å². The number of carbonyl (C=O) groups excluding carboxylic acids is 1. The Morgan fingerprint density at radius 3 is 2.71 bits per heavy atom. The number of hydrogen-bond acceptors (Lipinski definition) is 4. The zero-order valence-electron chi connectivity index (χ0n) is 11.9. The van der Waals surface area contributed by atoms with Crippen molar-refractivity contribution in [1.29, 1.82) is 0 Å². The number of rotatable bonds is 4. The van der Waals surface area contributed by atoms with E-state index >= 15 is 0 Å². The number of aromatic nitrogens is 1. The number of alkyl halides is 2. The number of oxazole rings is 1. The van der Waals surface area contributed by atoms with E-state index in [2.05, 4.69) is 4.98 Å². The van der Waals surface area contributed by atoms with Gasteiger partial charge in [-0.3, -0.25) is 0 Å². The van der Waals surface area contributed by atoms with E-state index in [0.717, 1.165) is 11.1 Å². The van der Waals surface area contributed by atoms with Gasteiger partial charge < -0.3 is 9.15 Å². The molecule has 112 valence electrons. The fraction of sp³-hybridized carbons (Fsp3) is 0.333. The molecule has 0 aliphatic heterocycles. The van der Waals surface area contributed by atoms with E-state index in [1.165, 1.54) is 0 Å². The Kier molecular flexibility index (Phi) is 4.35. The lowest BCUT2D eigenvalue weighted by Crippen LogP contribution is -2.06. The van der Waals surface area contributed by atoms with Gasteiger partial charge in [0.15, 0.2) is 5.69 Å². The summed E-state index contributed by atoms with van der Waals surface area (Å²) >= 11 is 0. The van der Waals surface area contributed by atoms with Gasteiger partial charge in [0, 0.05) is 5.56 Å². The Balaban J connectivity index is 2.54. The molecule has 2 rings (SSSR count). The average molecular weight is 295 g/mol. The number of benzene rings is 1. The molecular formula is C15H15F2NO3. The van der Waals surface area contributed by atoms with Crippen molar-refractivity contribution in [2.45, 2.75) is 27.2 Å². The van der Waals surface area contributed by atoms with Gasteiger partial charge in [0.25, 0.3) is 6.43 Å². The lowest BCUT2D eigenvalue weighted by molar-refractivity contribution is 0.0476. The molecule has 6 heteroatoms. The molecule has 0 bridgehead atoms. The van der Waals surface area contributed by atoms with Crippen LogP contribution in [0.4, 0.5) is 8.78 Å². The highest BCUT2D eigenvalue weighted by Crippen LogP contribution is 2.31. The minimum absolute atomic E-state index is 0.00504. The average Bonchev–Trinajstić information content (AvgIpc) is 2.87. The highest BCUT2D eigenvalue weighted by atomic mass is 19.3. The lowest BCUT2D eigenvalue weighted by atomic mass is 10.0. The molecule has 0 aliphatic carbocycles. The van der Waals surface area contributed by atoms with Crippen molar-refractivity contribution in [2.75, 3.05) is 6.61 Å². The van der Waals surface area contributed by atoms with Gasteiger partial charge in [-0.05, 0) is 38.0 Å². The largest absolute Gasteiger partial charge is 0.460 e. The molecule has 1 aromatic heterocycles. The standard InChI is InChI=1S/C15H15F2NO3/c1-4-20-15(19)12-11(13(16)17)18-14(21-12)10-7-5-6-8(2)9(10)3/h5-7,13H,4H2,1-3H3. The van der Waals surface area contributed by atoms with E-state index < -0.39 is 23.8 Å². The number of halogens is 2. The summed E-state index contributed by atoms with van der Waals surface area (Å²) in [5, 5.41) is 0. The second kappa shape index (κ2) is 6.03. The minimum Gasteiger partial charge on any atom is -0.460 e. The minimum atomic E-state index is -2.91. The zero-order valence-corrected chi connectivity index (χ0v) is 11.9. The van der Waals surface area contributed by atoms with Crippen molar-refractivity contribution >= 4 is 5.97 Å². The van der Waals surface area contributed by atoms with E-state index in [9.17, 15) is 13.6 Å². The molecule has 1 aromatic carbocycles. The Bertz CT molecular complexity index is 665. The van der Waals surface area contributed by atoms with Crippen LogP contribution in [-0.4, -0.2) is 17.6 Å². The molecule has 2 aromatic rings. The van der Waals surface area contributed by atoms with Crippen molar-refractivity contribution in [2.24, 2.45) is 0 Å². The Morgan fingerprint density at radius 2 is 2.10 bits per heavy atom. The van der Waals surface area contributed by atoms with Gasteiger partial charge in [-0.25, -0.2) is 18.6 Å². The third-order valence-electron chi connectivity index (χ3n) is 3.16. The molecule has 0 atom stereocenters. The van der Waals surface area contributed by atoms with Crippen LogP contribution in [0, 0.1) is 13.8 Å². The topological polar surface area (TPSA) is 52.3 Å². The van der Waals surface area contributed by atoms with Crippen LogP contribution in [0.1, 0.15) is 40.7 Å². The predicted molar refractivity (Wildman–Crippen MR) is 72.3 cm³/mol. The smallest absolute Gasteiger partial charge is 0.376 e. The summed E-state index contributed by atoms with van der Waals surface area (Å²) in [6.45, 7) is 5.38. The molecule has 21 heavy (non-hydrogen) atoms. The van der Waals surface area contributed by atoms with E-state index in [1.807, 2.05) is 19.9 Å². The maximum absolute atomic E-state index is 13.0. The Labute approximate surface area is 120 Å². The first kappa shape index (κ1) is 15.2. The maximum atomic E-state index is 13.0. The highest BCUT2D eigenvalue weighted by molar-refractivity contribution is 5.88. The quantitative estimate of drug-likeness (QED) is 0.798. The molecule has 0 N–H and O–H groups in total. The number of nitrogens with zero attached hydrogens (tertiary/aromatic N) is 1. The number of hydrogen-bond donors (Lipinski definition) is 0. The lowest BCUT2D eigenvalue weighted by Gasteiger charge is -2.04. The molecule has 0 amide bonds. The number of ether oxygens (including phenoxy) is 1. The molecule has 0 fully saturated rings. The normalized spacial score (nSPS) is 11.0. The fourth-order valence-corrected chi connectivity index (χ4v) is 1.92. The Morgan fingerprint density at radius 1 is 1.38 bits per heavy atom. The number of aryl methyl sites for hydroxylation is 1. The van der Waals surface area contributed by atoms with Crippen LogP contribution in [-0.2, 0) is 4.74 Å². The molecule has 0 spiro atoms. The summed E-state index contributed by atoms with van der Waals surface area (Å²) < 4.78 is 36.0. The molecule has 0 aliphatic rings. The second-order valence-electron chi connectivity index (χ2n) is 4.50. The fourth-order valence-electron chi connectivity index (χ4n) is 1.92. The Hall–Kier alpha value is -2.24. The van der Waals surface area contributed by atoms with E-state index in [4.69, 9.17) is 9.15 Å². The first-order valence-corrected chi connectivity index (χ1v) is 6.48.